The summed E-state index contributed by atoms with van der Waals surface area (Å²) in [7, 11) is 0. The Morgan fingerprint density at radius 3 is 2.70 bits per heavy atom. The molecule has 194 valence electrons. The zero-order valence-corrected chi connectivity index (χ0v) is 22.2. The van der Waals surface area contributed by atoms with Gasteiger partial charge in [0.25, 0.3) is 5.91 Å². The average Bonchev–Trinajstić information content (AvgIpc) is 3.58. The second kappa shape index (κ2) is 12.7. The van der Waals surface area contributed by atoms with Crippen LogP contribution in [0.3, 0.4) is 0 Å². The highest BCUT2D eigenvalue weighted by atomic mass is 32.1. The fourth-order valence-electron chi connectivity index (χ4n) is 3.90. The number of pyridine rings is 1. The van der Waals surface area contributed by atoms with Crippen LogP contribution in [0.5, 0.6) is 0 Å². The monoisotopic (exact) mass is 539 g/mol. The number of aromatic nitrogens is 3. The lowest BCUT2D eigenvalue weighted by Gasteiger charge is -2.31. The molecule has 0 saturated carbocycles. The van der Waals surface area contributed by atoms with Gasteiger partial charge in [-0.25, -0.2) is 9.78 Å². The zero-order valence-electron chi connectivity index (χ0n) is 20.6. The number of fused-ring (bicyclic) bond motifs is 1. The van der Waals surface area contributed by atoms with Crippen molar-refractivity contribution in [3.63, 3.8) is 0 Å². The maximum atomic E-state index is 13.5. The number of nitrogens with one attached hydrogen (secondary N) is 1. The van der Waals surface area contributed by atoms with E-state index in [2.05, 4.69) is 20.3 Å². The van der Waals surface area contributed by atoms with Gasteiger partial charge in [-0.15, -0.1) is 22.7 Å². The van der Waals surface area contributed by atoms with Crippen LogP contribution in [0.1, 0.15) is 34.6 Å². The smallest absolute Gasteiger partial charge is 0.407 e. The minimum Gasteiger partial charge on any atom is -0.444 e. The van der Waals surface area contributed by atoms with Gasteiger partial charge in [0.05, 0.1) is 38.3 Å². The Hall–Kier alpha value is -3.41. The maximum Gasteiger partial charge on any atom is 0.407 e. The number of thiazole rings is 2. The number of hydrogen-bond donors (Lipinski definition) is 2. The van der Waals surface area contributed by atoms with Crippen LogP contribution < -0.4 is 5.32 Å². The summed E-state index contributed by atoms with van der Waals surface area (Å²) in [6.45, 7) is 4.61. The molecule has 0 saturated heterocycles. The number of aliphatic hydroxyl groups is 1. The van der Waals surface area contributed by atoms with Gasteiger partial charge in [-0.3, -0.25) is 14.8 Å². The van der Waals surface area contributed by atoms with Crippen LogP contribution in [0.2, 0.25) is 0 Å². The number of ether oxygens (including phenoxy) is 1. The van der Waals surface area contributed by atoms with Gasteiger partial charge in [0, 0.05) is 37.2 Å². The number of alkyl carbamates (subject to hydrolysis) is 1. The van der Waals surface area contributed by atoms with Crippen LogP contribution in [0.4, 0.5) is 4.79 Å². The third-order valence-corrected chi connectivity index (χ3v) is 7.18. The third-order valence-electron chi connectivity index (χ3n) is 5.63. The third kappa shape index (κ3) is 7.54. The molecule has 0 fully saturated rings. The number of rotatable bonds is 11. The molecule has 2 amide bonds. The second-order valence-corrected chi connectivity index (χ2v) is 10.9. The van der Waals surface area contributed by atoms with E-state index >= 15 is 0 Å². The maximum absolute atomic E-state index is 13.5. The topological polar surface area (TPSA) is 118 Å². The van der Waals surface area contributed by atoms with Gasteiger partial charge in [0.15, 0.2) is 0 Å². The lowest BCUT2D eigenvalue weighted by Crippen LogP contribution is -2.51. The van der Waals surface area contributed by atoms with Crippen molar-refractivity contribution in [2.45, 2.75) is 39.0 Å². The van der Waals surface area contributed by atoms with Crippen molar-refractivity contribution >= 4 is 44.9 Å². The quantitative estimate of drug-likeness (QED) is 0.294. The molecule has 2 atom stereocenters. The highest BCUT2D eigenvalue weighted by Crippen LogP contribution is 2.21. The number of nitrogens with zero attached hydrogens (tertiary/aromatic N) is 4. The molecule has 0 aliphatic carbocycles. The van der Waals surface area contributed by atoms with Gasteiger partial charge in [-0.05, 0) is 42.2 Å². The summed E-state index contributed by atoms with van der Waals surface area (Å²) >= 11 is 2.86. The number of carbonyl (C=O) groups excluding carboxylic acids is 2. The van der Waals surface area contributed by atoms with Crippen molar-refractivity contribution in [2.75, 3.05) is 13.1 Å². The number of amides is 2. The molecule has 4 rings (SSSR count). The lowest BCUT2D eigenvalue weighted by molar-refractivity contribution is 0.0494. The predicted octanol–water partition coefficient (Wildman–Crippen LogP) is 4.14. The normalized spacial score (nSPS) is 12.9. The van der Waals surface area contributed by atoms with Gasteiger partial charge in [0.1, 0.15) is 6.61 Å². The lowest BCUT2D eigenvalue weighted by atomic mass is 10.0. The summed E-state index contributed by atoms with van der Waals surface area (Å²) in [4.78, 5) is 40.9. The van der Waals surface area contributed by atoms with E-state index in [0.29, 0.717) is 18.5 Å². The van der Waals surface area contributed by atoms with Gasteiger partial charge in [-0.2, -0.15) is 0 Å². The minimum atomic E-state index is -1.05. The van der Waals surface area contributed by atoms with Crippen molar-refractivity contribution in [3.8, 4) is 0 Å². The molecule has 0 radical (unpaired) electrons. The molecule has 2 N–H and O–H groups in total. The summed E-state index contributed by atoms with van der Waals surface area (Å²) in [6.07, 6.45) is 3.60. The molecule has 1 aromatic carbocycles. The first-order valence-corrected chi connectivity index (χ1v) is 13.6. The average molecular weight is 540 g/mol. The summed E-state index contributed by atoms with van der Waals surface area (Å²) in [6, 6.07) is 8.38. The van der Waals surface area contributed by atoms with Crippen molar-refractivity contribution < 1.29 is 19.4 Å². The number of hydrogen-bond acceptors (Lipinski definition) is 9. The molecule has 0 spiro atoms. The Morgan fingerprint density at radius 1 is 1.11 bits per heavy atom. The summed E-state index contributed by atoms with van der Waals surface area (Å²) < 4.78 is 6.26. The van der Waals surface area contributed by atoms with Crippen molar-refractivity contribution in [1.29, 1.82) is 0 Å². The second-order valence-electron chi connectivity index (χ2n) is 9.07. The van der Waals surface area contributed by atoms with E-state index in [-0.39, 0.29) is 25.0 Å². The molecule has 3 aromatic heterocycles. The van der Waals surface area contributed by atoms with Crippen molar-refractivity contribution in [2.24, 2.45) is 5.92 Å². The predicted molar refractivity (Wildman–Crippen MR) is 144 cm³/mol. The fraction of sp³-hybridized carbons (Fsp3) is 0.346. The first kappa shape index (κ1) is 26.6. The Kier molecular flexibility index (Phi) is 9.15. The Morgan fingerprint density at radius 2 is 1.97 bits per heavy atom. The van der Waals surface area contributed by atoms with Crippen LogP contribution in [0, 0.1) is 5.92 Å². The zero-order chi connectivity index (χ0) is 26.2. The Labute approximate surface area is 223 Å². The first-order chi connectivity index (χ1) is 17.9. The number of benzene rings is 1. The molecular formula is C26H29N5O4S2. The fourth-order valence-corrected chi connectivity index (χ4v) is 5.13. The molecule has 0 bridgehead atoms. The van der Waals surface area contributed by atoms with Crippen molar-refractivity contribution in [3.05, 3.63) is 75.9 Å². The van der Waals surface area contributed by atoms with Crippen LogP contribution in [0.15, 0.2) is 59.9 Å². The molecular weight excluding hydrogens is 510 g/mol. The van der Waals surface area contributed by atoms with Crippen LogP contribution in [-0.2, 0) is 17.8 Å². The summed E-state index contributed by atoms with van der Waals surface area (Å²) in [5, 5.41) is 14.1. The Bertz CT molecular complexity index is 1300. The van der Waals surface area contributed by atoms with E-state index in [0.717, 1.165) is 20.7 Å². The molecule has 3 heterocycles. The molecule has 0 unspecified atom stereocenters. The van der Waals surface area contributed by atoms with E-state index in [1.54, 1.807) is 46.6 Å². The van der Waals surface area contributed by atoms with Gasteiger partial charge < -0.3 is 20.1 Å². The van der Waals surface area contributed by atoms with Gasteiger partial charge in [-0.1, -0.05) is 19.9 Å². The van der Waals surface area contributed by atoms with Crippen LogP contribution >= 0.6 is 22.7 Å². The van der Waals surface area contributed by atoms with Crippen LogP contribution in [-0.4, -0.2) is 62.2 Å². The molecule has 9 nitrogen and oxygen atoms in total. The van der Waals surface area contributed by atoms with Crippen molar-refractivity contribution in [1.82, 2.24) is 25.2 Å². The summed E-state index contributed by atoms with van der Waals surface area (Å²) in [5.74, 6) is -0.00617. The van der Waals surface area contributed by atoms with E-state index in [4.69, 9.17) is 4.74 Å². The van der Waals surface area contributed by atoms with E-state index in [9.17, 15) is 14.7 Å². The number of aliphatic hydroxyl groups excluding tert-OH is 1. The Balaban J connectivity index is 1.49. The molecule has 4 aromatic rings. The molecule has 0 aliphatic rings. The molecule has 11 heteroatoms. The first-order valence-electron chi connectivity index (χ1n) is 11.9. The standard InChI is InChI=1S/C26H29N5O4S2/c1-17(2)12-31(25(33)19-5-6-21-24(9-19)37-16-29-21)13-23(32)22(8-18-4-3-7-27-10-18)30-26(34)35-14-20-11-28-15-36-20/h3-7,9-11,15-17,22-23,32H,8,12-14H2,1-2H3,(H,30,34)/t22-,23+/m0/s1. The van der Waals surface area contributed by atoms with E-state index < -0.39 is 18.2 Å². The van der Waals surface area contributed by atoms with E-state index in [1.807, 2.05) is 32.0 Å². The molecule has 37 heavy (non-hydrogen) atoms. The molecule has 0 aliphatic heterocycles. The SMILES string of the molecule is CC(C)CN(C[C@@H](O)[C@H](Cc1cccnc1)NC(=O)OCc1cncs1)C(=O)c1ccc2ncsc2c1. The number of carbonyl (C=O) groups is 2. The van der Waals surface area contributed by atoms with Gasteiger partial charge in [0.2, 0.25) is 0 Å². The highest BCUT2D eigenvalue weighted by Gasteiger charge is 2.28. The van der Waals surface area contributed by atoms with Crippen LogP contribution in [0.25, 0.3) is 10.2 Å². The minimum absolute atomic E-state index is 0.0395. The highest BCUT2D eigenvalue weighted by molar-refractivity contribution is 7.16. The summed E-state index contributed by atoms with van der Waals surface area (Å²) in [5.41, 5.74) is 5.63. The largest absolute Gasteiger partial charge is 0.444 e. The van der Waals surface area contributed by atoms with E-state index in [1.165, 1.54) is 22.7 Å². The van der Waals surface area contributed by atoms with Gasteiger partial charge >= 0.3 is 6.09 Å².